The second-order valence-electron chi connectivity index (χ2n) is 5.46. The fourth-order valence-electron chi connectivity index (χ4n) is 3.05. The highest BCUT2D eigenvalue weighted by Gasteiger charge is 2.22. The van der Waals surface area contributed by atoms with Crippen LogP contribution in [0.25, 0.3) is 11.1 Å². The number of ether oxygens (including phenoxy) is 1. The Bertz CT molecular complexity index is 586. The van der Waals surface area contributed by atoms with Crippen LogP contribution in [0.4, 0.5) is 5.88 Å². The van der Waals surface area contributed by atoms with Crippen LogP contribution in [0.1, 0.15) is 31.4 Å². The van der Waals surface area contributed by atoms with Gasteiger partial charge in [-0.15, -0.1) is 0 Å². The SMILES string of the molecule is COc1cccc(-c2c(CC3CCCC3)noc2N)c1. The molecule has 0 aliphatic heterocycles. The minimum atomic E-state index is 0.395. The molecule has 0 spiro atoms. The number of nitrogens with zero attached hydrogens (tertiary/aromatic N) is 1. The second-order valence-corrected chi connectivity index (χ2v) is 5.46. The number of rotatable bonds is 4. The van der Waals surface area contributed by atoms with Gasteiger partial charge in [0.2, 0.25) is 5.88 Å². The first kappa shape index (κ1) is 13.0. The molecule has 4 heteroatoms. The summed E-state index contributed by atoms with van der Waals surface area (Å²) >= 11 is 0. The Hall–Kier alpha value is -1.97. The van der Waals surface area contributed by atoms with E-state index in [4.69, 9.17) is 15.0 Å². The maximum atomic E-state index is 5.97. The van der Waals surface area contributed by atoms with Crippen LogP contribution in [0.3, 0.4) is 0 Å². The van der Waals surface area contributed by atoms with E-state index in [1.807, 2.05) is 24.3 Å². The lowest BCUT2D eigenvalue weighted by Gasteiger charge is -2.08. The minimum absolute atomic E-state index is 0.395. The number of methoxy groups -OCH3 is 1. The predicted molar refractivity (Wildman–Crippen MR) is 78.6 cm³/mol. The molecule has 0 unspecified atom stereocenters. The minimum Gasteiger partial charge on any atom is -0.497 e. The van der Waals surface area contributed by atoms with Crippen molar-refractivity contribution in [1.82, 2.24) is 5.16 Å². The summed E-state index contributed by atoms with van der Waals surface area (Å²) in [7, 11) is 1.66. The molecule has 20 heavy (non-hydrogen) atoms. The predicted octanol–water partition coefficient (Wildman–Crippen LogP) is 3.67. The number of aromatic nitrogens is 1. The van der Waals surface area contributed by atoms with Crippen molar-refractivity contribution in [3.63, 3.8) is 0 Å². The number of nitrogens with two attached hydrogens (primary N) is 1. The van der Waals surface area contributed by atoms with E-state index < -0.39 is 0 Å². The highest BCUT2D eigenvalue weighted by molar-refractivity contribution is 5.76. The lowest BCUT2D eigenvalue weighted by Crippen LogP contribution is -2.01. The summed E-state index contributed by atoms with van der Waals surface area (Å²) in [5, 5.41) is 4.17. The van der Waals surface area contributed by atoms with E-state index in [1.165, 1.54) is 25.7 Å². The molecule has 1 aromatic heterocycles. The van der Waals surface area contributed by atoms with Gasteiger partial charge in [0.25, 0.3) is 0 Å². The zero-order valence-electron chi connectivity index (χ0n) is 11.8. The van der Waals surface area contributed by atoms with Crippen LogP contribution in [0, 0.1) is 5.92 Å². The molecule has 0 saturated heterocycles. The molecule has 106 valence electrons. The Morgan fingerprint density at radius 3 is 2.90 bits per heavy atom. The van der Waals surface area contributed by atoms with Crippen molar-refractivity contribution in [1.29, 1.82) is 0 Å². The molecule has 3 rings (SSSR count). The first-order valence-electron chi connectivity index (χ1n) is 7.16. The van der Waals surface area contributed by atoms with Gasteiger partial charge in [-0.3, -0.25) is 0 Å². The Labute approximate surface area is 118 Å². The van der Waals surface area contributed by atoms with Crippen LogP contribution in [0.5, 0.6) is 5.75 Å². The van der Waals surface area contributed by atoms with Crippen LogP contribution >= 0.6 is 0 Å². The summed E-state index contributed by atoms with van der Waals surface area (Å²) in [5.74, 6) is 1.92. The van der Waals surface area contributed by atoms with Crippen molar-refractivity contribution in [3.05, 3.63) is 30.0 Å². The number of hydrogen-bond donors (Lipinski definition) is 1. The van der Waals surface area contributed by atoms with Crippen molar-refractivity contribution < 1.29 is 9.26 Å². The number of benzene rings is 1. The van der Waals surface area contributed by atoms with Gasteiger partial charge >= 0.3 is 0 Å². The van der Waals surface area contributed by atoms with E-state index in [0.29, 0.717) is 11.8 Å². The molecule has 4 nitrogen and oxygen atoms in total. The van der Waals surface area contributed by atoms with Gasteiger partial charge in [-0.1, -0.05) is 43.0 Å². The first-order chi connectivity index (χ1) is 9.78. The molecule has 2 aromatic rings. The van der Waals surface area contributed by atoms with Gasteiger partial charge in [0, 0.05) is 0 Å². The Morgan fingerprint density at radius 2 is 2.15 bits per heavy atom. The van der Waals surface area contributed by atoms with Gasteiger partial charge in [-0.2, -0.15) is 0 Å². The Balaban J connectivity index is 1.93. The largest absolute Gasteiger partial charge is 0.497 e. The summed E-state index contributed by atoms with van der Waals surface area (Å²) in [4.78, 5) is 0. The van der Waals surface area contributed by atoms with E-state index in [-0.39, 0.29) is 0 Å². The Kier molecular flexibility index (Phi) is 3.63. The Morgan fingerprint density at radius 1 is 1.35 bits per heavy atom. The molecule has 0 bridgehead atoms. The standard InChI is InChI=1S/C16H20N2O2/c1-19-13-8-4-7-12(10-13)15-14(18-20-16(15)17)9-11-5-2-3-6-11/h4,7-8,10-11H,2-3,5-6,9,17H2,1H3. The van der Waals surface area contributed by atoms with Crippen molar-refractivity contribution in [2.45, 2.75) is 32.1 Å². The molecule has 1 heterocycles. The van der Waals surface area contributed by atoms with E-state index in [9.17, 15) is 0 Å². The fourth-order valence-corrected chi connectivity index (χ4v) is 3.05. The van der Waals surface area contributed by atoms with Gasteiger partial charge in [0.05, 0.1) is 18.4 Å². The molecule has 0 atom stereocenters. The third-order valence-electron chi connectivity index (χ3n) is 4.10. The molecule has 1 fully saturated rings. The summed E-state index contributed by atoms with van der Waals surface area (Å²) in [5.41, 5.74) is 8.88. The average molecular weight is 272 g/mol. The molecule has 2 N–H and O–H groups in total. The maximum absolute atomic E-state index is 5.97. The van der Waals surface area contributed by atoms with Crippen molar-refractivity contribution in [3.8, 4) is 16.9 Å². The topological polar surface area (TPSA) is 61.3 Å². The lowest BCUT2D eigenvalue weighted by molar-refractivity contribution is 0.415. The van der Waals surface area contributed by atoms with Gasteiger partial charge in [-0.05, 0) is 30.0 Å². The van der Waals surface area contributed by atoms with Gasteiger partial charge in [-0.25, -0.2) is 0 Å². The van der Waals surface area contributed by atoms with Crippen molar-refractivity contribution in [2.24, 2.45) is 5.92 Å². The number of anilines is 1. The molecule has 1 aliphatic rings. The maximum Gasteiger partial charge on any atom is 0.230 e. The third kappa shape index (κ3) is 2.50. The zero-order valence-corrected chi connectivity index (χ0v) is 11.8. The highest BCUT2D eigenvalue weighted by Crippen LogP contribution is 2.35. The zero-order chi connectivity index (χ0) is 13.9. The van der Waals surface area contributed by atoms with Crippen molar-refractivity contribution in [2.75, 3.05) is 12.8 Å². The van der Waals surface area contributed by atoms with E-state index in [2.05, 4.69) is 5.16 Å². The summed E-state index contributed by atoms with van der Waals surface area (Å²) in [6.07, 6.45) is 6.17. The van der Waals surface area contributed by atoms with Crippen LogP contribution in [0.2, 0.25) is 0 Å². The fraction of sp³-hybridized carbons (Fsp3) is 0.438. The molecule has 0 radical (unpaired) electrons. The van der Waals surface area contributed by atoms with Gasteiger partial charge in [0.1, 0.15) is 5.75 Å². The van der Waals surface area contributed by atoms with Gasteiger partial charge in [0.15, 0.2) is 0 Å². The first-order valence-corrected chi connectivity index (χ1v) is 7.16. The van der Waals surface area contributed by atoms with Crippen LogP contribution < -0.4 is 10.5 Å². The monoisotopic (exact) mass is 272 g/mol. The highest BCUT2D eigenvalue weighted by atomic mass is 16.5. The van der Waals surface area contributed by atoms with E-state index in [1.54, 1.807) is 7.11 Å². The normalized spacial score (nSPS) is 15.7. The molecule has 1 aliphatic carbocycles. The summed E-state index contributed by atoms with van der Waals surface area (Å²) < 4.78 is 10.5. The van der Waals surface area contributed by atoms with Gasteiger partial charge < -0.3 is 15.0 Å². The van der Waals surface area contributed by atoms with E-state index >= 15 is 0 Å². The molecule has 0 amide bonds. The van der Waals surface area contributed by atoms with Crippen LogP contribution in [-0.4, -0.2) is 12.3 Å². The number of nitrogen functional groups attached to an aromatic ring is 1. The van der Waals surface area contributed by atoms with Crippen molar-refractivity contribution >= 4 is 5.88 Å². The smallest absolute Gasteiger partial charge is 0.230 e. The van der Waals surface area contributed by atoms with E-state index in [0.717, 1.165) is 29.0 Å². The quantitative estimate of drug-likeness (QED) is 0.922. The second kappa shape index (κ2) is 5.57. The molecule has 1 aromatic carbocycles. The average Bonchev–Trinajstić information content (AvgIpc) is 3.10. The third-order valence-corrected chi connectivity index (χ3v) is 4.10. The number of hydrogen-bond acceptors (Lipinski definition) is 4. The molecular formula is C16H20N2O2. The molecular weight excluding hydrogens is 252 g/mol. The van der Waals surface area contributed by atoms with Crippen LogP contribution in [-0.2, 0) is 6.42 Å². The summed E-state index contributed by atoms with van der Waals surface area (Å²) in [6.45, 7) is 0. The summed E-state index contributed by atoms with van der Waals surface area (Å²) in [6, 6.07) is 7.87. The lowest BCUT2D eigenvalue weighted by atomic mass is 9.96. The van der Waals surface area contributed by atoms with Crippen LogP contribution in [0.15, 0.2) is 28.8 Å². The molecule has 1 saturated carbocycles.